The molecule has 1 aliphatic carbocycles. The van der Waals surface area contributed by atoms with Gasteiger partial charge in [0.2, 0.25) is 5.91 Å². The second-order valence-corrected chi connectivity index (χ2v) is 8.64. The van der Waals surface area contributed by atoms with E-state index in [1.54, 1.807) is 0 Å². The average molecular weight is 389 g/mol. The smallest absolute Gasteiger partial charge is 0.227 e. The predicted octanol–water partition coefficient (Wildman–Crippen LogP) is 4.28. The van der Waals surface area contributed by atoms with Gasteiger partial charge in [0, 0.05) is 43.7 Å². The molecule has 0 spiro atoms. The zero-order chi connectivity index (χ0) is 19.8. The Morgan fingerprint density at radius 2 is 1.79 bits per heavy atom. The van der Waals surface area contributed by atoms with Crippen LogP contribution in [0, 0.1) is 0 Å². The molecule has 1 aromatic rings. The third kappa shape index (κ3) is 3.62. The number of carbonyl (C=O) groups excluding carboxylic acids is 2. The van der Waals surface area contributed by atoms with E-state index < -0.39 is 0 Å². The van der Waals surface area contributed by atoms with E-state index in [1.807, 2.05) is 4.90 Å². The average Bonchev–Trinajstić information content (AvgIpc) is 3.29. The van der Waals surface area contributed by atoms with Crippen LogP contribution in [0.3, 0.4) is 0 Å². The highest BCUT2D eigenvalue weighted by Crippen LogP contribution is 2.39. The summed E-state index contributed by atoms with van der Waals surface area (Å²) >= 11 is 0. The van der Waals surface area contributed by atoms with Gasteiger partial charge in [-0.2, -0.15) is 0 Å². The number of hydrogen-bond acceptors (Lipinski definition) is 3. The van der Waals surface area contributed by atoms with Crippen LogP contribution < -0.4 is 0 Å². The first-order valence-electron chi connectivity index (χ1n) is 10.9. The second-order valence-electron chi connectivity index (χ2n) is 8.64. The summed E-state index contributed by atoms with van der Waals surface area (Å²) in [6.45, 7) is 3.90. The maximum atomic E-state index is 12.8. The van der Waals surface area contributed by atoms with Gasteiger partial charge in [0.25, 0.3) is 0 Å². The third-order valence-electron chi connectivity index (χ3n) is 6.71. The monoisotopic (exact) mass is 388 g/mol. The lowest BCUT2D eigenvalue weighted by Crippen LogP contribution is -2.30. The Morgan fingerprint density at radius 1 is 1.00 bits per heavy atom. The fourth-order valence-corrected chi connectivity index (χ4v) is 5.15. The number of nitrogens with zero attached hydrogens (tertiary/aromatic N) is 2. The zero-order valence-corrected chi connectivity index (χ0v) is 17.0. The number of Topliss-reactive ketones (excluding diaryl/α,β-unsaturated/α-hetero) is 1. The Balaban J connectivity index is 1.14. The quantitative estimate of drug-likeness (QED) is 0.683. The van der Waals surface area contributed by atoms with Crippen LogP contribution in [-0.2, 0) is 22.7 Å². The first kappa shape index (κ1) is 18.6. The SMILES string of the molecule is O=C(CCCCN1Cc2ccccc2C1)C1=CCC2=C3C(=C1)CCN3C(=O)CC2. The molecule has 150 valence electrons. The van der Waals surface area contributed by atoms with E-state index in [0.29, 0.717) is 12.8 Å². The predicted molar refractivity (Wildman–Crippen MR) is 113 cm³/mol. The molecule has 3 heterocycles. The van der Waals surface area contributed by atoms with E-state index in [-0.39, 0.29) is 11.7 Å². The van der Waals surface area contributed by atoms with Crippen molar-refractivity contribution in [1.82, 2.24) is 9.80 Å². The van der Waals surface area contributed by atoms with Crippen LogP contribution in [0.5, 0.6) is 0 Å². The minimum atomic E-state index is 0.242. The Morgan fingerprint density at radius 3 is 2.59 bits per heavy atom. The van der Waals surface area contributed by atoms with E-state index in [4.69, 9.17) is 0 Å². The minimum Gasteiger partial charge on any atom is -0.312 e. The van der Waals surface area contributed by atoms with Gasteiger partial charge in [-0.25, -0.2) is 0 Å². The molecule has 4 nitrogen and oxygen atoms in total. The van der Waals surface area contributed by atoms with E-state index in [2.05, 4.69) is 41.3 Å². The van der Waals surface area contributed by atoms with Gasteiger partial charge in [-0.05, 0) is 67.0 Å². The van der Waals surface area contributed by atoms with Gasteiger partial charge in [0.05, 0.1) is 0 Å². The summed E-state index contributed by atoms with van der Waals surface area (Å²) in [5, 5.41) is 0. The van der Waals surface area contributed by atoms with Crippen LogP contribution in [0.15, 0.2) is 58.8 Å². The van der Waals surface area contributed by atoms with Crippen molar-refractivity contribution in [3.8, 4) is 0 Å². The molecule has 4 heteroatoms. The van der Waals surface area contributed by atoms with Crippen molar-refractivity contribution in [3.63, 3.8) is 0 Å². The molecule has 0 atom stereocenters. The standard InChI is InChI=1S/C25H28N2O2/c28-23(7-3-4-13-26-16-21-5-1-2-6-22(21)17-26)19-9-8-18-10-11-24(29)27-14-12-20(15-19)25(18)27/h1-2,5-6,9,15H,3-4,7-8,10-14,16-17H2. The number of hydrogen-bond donors (Lipinski definition) is 0. The zero-order valence-electron chi connectivity index (χ0n) is 17.0. The molecule has 0 N–H and O–H groups in total. The summed E-state index contributed by atoms with van der Waals surface area (Å²) in [7, 11) is 0. The molecule has 1 saturated heterocycles. The Labute approximate surface area is 172 Å². The van der Waals surface area contributed by atoms with Crippen molar-refractivity contribution in [1.29, 1.82) is 0 Å². The van der Waals surface area contributed by atoms with Crippen molar-refractivity contribution in [2.24, 2.45) is 0 Å². The van der Waals surface area contributed by atoms with Gasteiger partial charge in [0.1, 0.15) is 0 Å². The molecule has 0 radical (unpaired) electrons. The first-order chi connectivity index (χ1) is 14.2. The van der Waals surface area contributed by atoms with E-state index in [0.717, 1.165) is 69.6 Å². The highest BCUT2D eigenvalue weighted by atomic mass is 16.2. The molecule has 1 aromatic carbocycles. The van der Waals surface area contributed by atoms with Crippen molar-refractivity contribution >= 4 is 11.7 Å². The summed E-state index contributed by atoms with van der Waals surface area (Å²) in [6, 6.07) is 8.66. The lowest BCUT2D eigenvalue weighted by molar-refractivity contribution is -0.129. The summed E-state index contributed by atoms with van der Waals surface area (Å²) in [4.78, 5) is 29.4. The maximum absolute atomic E-state index is 12.8. The molecule has 0 aromatic heterocycles. The molecule has 5 rings (SSSR count). The molecule has 0 bridgehead atoms. The van der Waals surface area contributed by atoms with Crippen LogP contribution in [0.4, 0.5) is 0 Å². The summed E-state index contributed by atoms with van der Waals surface area (Å²) in [5.41, 5.74) is 7.41. The molecule has 3 aliphatic heterocycles. The number of ketones is 1. The Hall–Kier alpha value is -2.46. The van der Waals surface area contributed by atoms with Crippen molar-refractivity contribution in [3.05, 3.63) is 70.0 Å². The highest BCUT2D eigenvalue weighted by Gasteiger charge is 2.34. The van der Waals surface area contributed by atoms with Crippen molar-refractivity contribution < 1.29 is 9.59 Å². The van der Waals surface area contributed by atoms with Gasteiger partial charge in [-0.15, -0.1) is 0 Å². The van der Waals surface area contributed by atoms with Gasteiger partial charge < -0.3 is 4.90 Å². The summed E-state index contributed by atoms with van der Waals surface area (Å²) in [6.07, 6.45) is 9.93. The number of benzene rings is 1. The number of amides is 1. The van der Waals surface area contributed by atoms with E-state index in [9.17, 15) is 9.59 Å². The highest BCUT2D eigenvalue weighted by molar-refractivity contribution is 5.98. The number of fused-ring (bicyclic) bond motifs is 1. The second kappa shape index (κ2) is 7.75. The normalized spacial score (nSPS) is 21.0. The molecule has 0 saturated carbocycles. The van der Waals surface area contributed by atoms with E-state index in [1.165, 1.54) is 22.3 Å². The fraction of sp³-hybridized carbons (Fsp3) is 0.440. The van der Waals surface area contributed by atoms with Crippen LogP contribution in [0.25, 0.3) is 0 Å². The van der Waals surface area contributed by atoms with Gasteiger partial charge in [0.15, 0.2) is 5.78 Å². The maximum Gasteiger partial charge on any atom is 0.227 e. The van der Waals surface area contributed by atoms with Crippen molar-refractivity contribution in [2.45, 2.75) is 58.0 Å². The summed E-state index contributed by atoms with van der Waals surface area (Å²) < 4.78 is 0. The molecule has 1 fully saturated rings. The minimum absolute atomic E-state index is 0.242. The number of rotatable bonds is 6. The Bertz CT molecular complexity index is 928. The van der Waals surface area contributed by atoms with Crippen LogP contribution in [-0.4, -0.2) is 34.6 Å². The number of unbranched alkanes of at least 4 members (excludes halogenated alkanes) is 1. The van der Waals surface area contributed by atoms with Gasteiger partial charge in [-0.3, -0.25) is 14.5 Å². The fourth-order valence-electron chi connectivity index (χ4n) is 5.15. The molecule has 1 amide bonds. The lowest BCUT2D eigenvalue weighted by atomic mass is 9.98. The number of allylic oxidation sites excluding steroid dienone is 5. The molecule has 4 aliphatic rings. The largest absolute Gasteiger partial charge is 0.312 e. The van der Waals surface area contributed by atoms with Gasteiger partial charge in [-0.1, -0.05) is 30.3 Å². The van der Waals surface area contributed by atoms with E-state index >= 15 is 0 Å². The summed E-state index contributed by atoms with van der Waals surface area (Å²) in [5.74, 6) is 0.498. The molecular weight excluding hydrogens is 360 g/mol. The third-order valence-corrected chi connectivity index (χ3v) is 6.71. The molecule has 29 heavy (non-hydrogen) atoms. The van der Waals surface area contributed by atoms with Crippen molar-refractivity contribution in [2.75, 3.05) is 13.1 Å². The topological polar surface area (TPSA) is 40.6 Å². The Kier molecular flexibility index (Phi) is 4.96. The van der Waals surface area contributed by atoms with Gasteiger partial charge >= 0.3 is 0 Å². The molecular formula is C25H28N2O2. The number of carbonyl (C=O) groups is 2. The lowest BCUT2D eigenvalue weighted by Gasteiger charge is -2.26. The van der Waals surface area contributed by atoms with Crippen LogP contribution in [0.1, 0.15) is 56.1 Å². The molecule has 0 unspecified atom stereocenters. The first-order valence-corrected chi connectivity index (χ1v) is 10.9. The van der Waals surface area contributed by atoms with Crippen LogP contribution >= 0.6 is 0 Å². The van der Waals surface area contributed by atoms with Crippen LogP contribution in [0.2, 0.25) is 0 Å².